The van der Waals surface area contributed by atoms with E-state index in [2.05, 4.69) is 10.5 Å². The number of amides is 1. The first-order valence-corrected chi connectivity index (χ1v) is 7.05. The molecule has 0 bridgehead atoms. The number of para-hydroxylation sites is 1. The predicted molar refractivity (Wildman–Crippen MR) is 85.4 cm³/mol. The van der Waals surface area contributed by atoms with Crippen molar-refractivity contribution in [1.29, 1.82) is 0 Å². The van der Waals surface area contributed by atoms with E-state index in [1.54, 1.807) is 6.21 Å². The van der Waals surface area contributed by atoms with E-state index < -0.39 is 0 Å². The summed E-state index contributed by atoms with van der Waals surface area (Å²) in [6.07, 6.45) is 2.46. The van der Waals surface area contributed by atoms with Crippen molar-refractivity contribution in [3.63, 3.8) is 0 Å². The molecule has 1 amide bonds. The maximum atomic E-state index is 11.9. The van der Waals surface area contributed by atoms with Gasteiger partial charge in [-0.05, 0) is 42.8 Å². The SMILES string of the molecule is CCCOc1ccccc1C=NNC(=O)c1ccc(O)cc1. The van der Waals surface area contributed by atoms with Gasteiger partial charge in [-0.3, -0.25) is 4.79 Å². The largest absolute Gasteiger partial charge is 0.508 e. The van der Waals surface area contributed by atoms with Gasteiger partial charge >= 0.3 is 0 Å². The highest BCUT2D eigenvalue weighted by atomic mass is 16.5. The Kier molecular flexibility index (Phi) is 5.54. The fourth-order valence-corrected chi connectivity index (χ4v) is 1.77. The van der Waals surface area contributed by atoms with E-state index in [1.807, 2.05) is 31.2 Å². The van der Waals surface area contributed by atoms with Crippen molar-refractivity contribution >= 4 is 12.1 Å². The van der Waals surface area contributed by atoms with Crippen molar-refractivity contribution in [2.45, 2.75) is 13.3 Å². The van der Waals surface area contributed by atoms with Crippen LogP contribution in [0, 0.1) is 0 Å². The molecule has 2 aromatic carbocycles. The zero-order valence-electron chi connectivity index (χ0n) is 12.3. The minimum Gasteiger partial charge on any atom is -0.508 e. The van der Waals surface area contributed by atoms with Crippen LogP contribution in [0.3, 0.4) is 0 Å². The van der Waals surface area contributed by atoms with Crippen LogP contribution in [0.15, 0.2) is 53.6 Å². The number of hydrogen-bond acceptors (Lipinski definition) is 4. The van der Waals surface area contributed by atoms with Gasteiger partial charge < -0.3 is 9.84 Å². The van der Waals surface area contributed by atoms with Crippen molar-refractivity contribution in [2.24, 2.45) is 5.10 Å². The molecule has 0 atom stereocenters. The van der Waals surface area contributed by atoms with Gasteiger partial charge in [-0.15, -0.1) is 0 Å². The summed E-state index contributed by atoms with van der Waals surface area (Å²) in [7, 11) is 0. The fraction of sp³-hybridized carbons (Fsp3) is 0.176. The highest BCUT2D eigenvalue weighted by Gasteiger charge is 2.04. The number of nitrogens with zero attached hydrogens (tertiary/aromatic N) is 1. The summed E-state index contributed by atoms with van der Waals surface area (Å²) < 4.78 is 5.61. The first-order chi connectivity index (χ1) is 10.7. The number of phenols is 1. The minimum absolute atomic E-state index is 0.113. The molecule has 114 valence electrons. The molecule has 5 nitrogen and oxygen atoms in total. The number of carbonyl (C=O) groups excluding carboxylic acids is 1. The highest BCUT2D eigenvalue weighted by Crippen LogP contribution is 2.16. The van der Waals surface area contributed by atoms with Crippen molar-refractivity contribution in [1.82, 2.24) is 5.43 Å². The van der Waals surface area contributed by atoms with Crippen molar-refractivity contribution in [3.05, 3.63) is 59.7 Å². The number of benzene rings is 2. The normalized spacial score (nSPS) is 10.6. The van der Waals surface area contributed by atoms with Crippen LogP contribution >= 0.6 is 0 Å². The van der Waals surface area contributed by atoms with E-state index in [-0.39, 0.29) is 11.7 Å². The molecule has 0 radical (unpaired) electrons. The zero-order chi connectivity index (χ0) is 15.8. The molecule has 0 fully saturated rings. The molecule has 0 aliphatic rings. The Morgan fingerprint density at radius 1 is 1.23 bits per heavy atom. The smallest absolute Gasteiger partial charge is 0.271 e. The van der Waals surface area contributed by atoms with Gasteiger partial charge in [0.1, 0.15) is 11.5 Å². The molecular formula is C17H18N2O3. The average Bonchev–Trinajstić information content (AvgIpc) is 2.54. The van der Waals surface area contributed by atoms with E-state index in [0.717, 1.165) is 17.7 Å². The monoisotopic (exact) mass is 298 g/mol. The molecular weight excluding hydrogens is 280 g/mol. The van der Waals surface area contributed by atoms with Crippen LogP contribution in [0.5, 0.6) is 11.5 Å². The number of hydrogen-bond donors (Lipinski definition) is 2. The van der Waals surface area contributed by atoms with Crippen molar-refractivity contribution in [3.8, 4) is 11.5 Å². The van der Waals surface area contributed by atoms with Crippen LogP contribution in [-0.2, 0) is 0 Å². The van der Waals surface area contributed by atoms with E-state index in [1.165, 1.54) is 24.3 Å². The van der Waals surface area contributed by atoms with Gasteiger partial charge in [-0.2, -0.15) is 5.10 Å². The molecule has 0 aliphatic carbocycles. The third-order valence-corrected chi connectivity index (χ3v) is 2.88. The number of aromatic hydroxyl groups is 1. The van der Waals surface area contributed by atoms with Crippen molar-refractivity contribution < 1.29 is 14.6 Å². The lowest BCUT2D eigenvalue weighted by atomic mass is 10.2. The number of rotatable bonds is 6. The quantitative estimate of drug-likeness (QED) is 0.636. The molecule has 0 unspecified atom stereocenters. The van der Waals surface area contributed by atoms with Crippen LogP contribution in [0.1, 0.15) is 29.3 Å². The lowest BCUT2D eigenvalue weighted by molar-refractivity contribution is 0.0955. The molecule has 2 aromatic rings. The average molecular weight is 298 g/mol. The lowest BCUT2D eigenvalue weighted by Crippen LogP contribution is -2.17. The van der Waals surface area contributed by atoms with E-state index in [4.69, 9.17) is 4.74 Å². The number of hydrazone groups is 1. The number of ether oxygens (including phenoxy) is 1. The summed E-state index contributed by atoms with van der Waals surface area (Å²) >= 11 is 0. The third kappa shape index (κ3) is 4.34. The molecule has 0 spiro atoms. The molecule has 2 N–H and O–H groups in total. The molecule has 0 aliphatic heterocycles. The van der Waals surface area contributed by atoms with Gasteiger partial charge in [0, 0.05) is 11.1 Å². The molecule has 0 heterocycles. The number of carbonyl (C=O) groups is 1. The Hall–Kier alpha value is -2.82. The van der Waals surface area contributed by atoms with Gasteiger partial charge in [-0.1, -0.05) is 19.1 Å². The Bertz CT molecular complexity index is 651. The van der Waals surface area contributed by atoms with Gasteiger partial charge in [0.05, 0.1) is 12.8 Å². The molecule has 0 saturated carbocycles. The summed E-state index contributed by atoms with van der Waals surface area (Å²) in [5.74, 6) is 0.497. The first-order valence-electron chi connectivity index (χ1n) is 7.05. The Balaban J connectivity index is 2.00. The second kappa shape index (κ2) is 7.83. The molecule has 0 aromatic heterocycles. The Morgan fingerprint density at radius 2 is 1.95 bits per heavy atom. The van der Waals surface area contributed by atoms with Crippen LogP contribution in [-0.4, -0.2) is 23.8 Å². The summed E-state index contributed by atoms with van der Waals surface area (Å²) in [5.41, 5.74) is 3.66. The fourth-order valence-electron chi connectivity index (χ4n) is 1.77. The molecule has 2 rings (SSSR count). The summed E-state index contributed by atoms with van der Waals surface area (Å²) in [5, 5.41) is 13.1. The standard InChI is InChI=1S/C17H18N2O3/c1-2-11-22-16-6-4-3-5-14(16)12-18-19-17(21)13-7-9-15(20)10-8-13/h3-10,12,20H,2,11H2,1H3,(H,19,21). The second-order valence-electron chi connectivity index (χ2n) is 4.63. The highest BCUT2D eigenvalue weighted by molar-refractivity contribution is 5.95. The number of phenolic OH excluding ortho intramolecular Hbond substituents is 1. The Labute approximate surface area is 129 Å². The van der Waals surface area contributed by atoms with Crippen LogP contribution in [0.2, 0.25) is 0 Å². The Morgan fingerprint density at radius 3 is 2.68 bits per heavy atom. The van der Waals surface area contributed by atoms with Gasteiger partial charge in [0.2, 0.25) is 0 Å². The third-order valence-electron chi connectivity index (χ3n) is 2.88. The topological polar surface area (TPSA) is 70.9 Å². The van der Waals surface area contributed by atoms with E-state index >= 15 is 0 Å². The molecule has 5 heteroatoms. The van der Waals surface area contributed by atoms with Crippen LogP contribution in [0.25, 0.3) is 0 Å². The van der Waals surface area contributed by atoms with E-state index in [9.17, 15) is 9.90 Å². The summed E-state index contributed by atoms with van der Waals surface area (Å²) in [6.45, 7) is 2.67. The van der Waals surface area contributed by atoms with Crippen LogP contribution in [0.4, 0.5) is 0 Å². The van der Waals surface area contributed by atoms with E-state index in [0.29, 0.717) is 12.2 Å². The van der Waals surface area contributed by atoms with Gasteiger partial charge in [-0.25, -0.2) is 5.43 Å². The maximum absolute atomic E-state index is 11.9. The summed E-state index contributed by atoms with van der Waals surface area (Å²) in [4.78, 5) is 11.9. The summed E-state index contributed by atoms with van der Waals surface area (Å²) in [6, 6.07) is 13.4. The zero-order valence-corrected chi connectivity index (χ0v) is 12.3. The van der Waals surface area contributed by atoms with Crippen LogP contribution < -0.4 is 10.2 Å². The maximum Gasteiger partial charge on any atom is 0.271 e. The second-order valence-corrected chi connectivity index (χ2v) is 4.63. The minimum atomic E-state index is -0.344. The van der Waals surface area contributed by atoms with Crippen molar-refractivity contribution in [2.75, 3.05) is 6.61 Å². The molecule has 0 saturated heterocycles. The lowest BCUT2D eigenvalue weighted by Gasteiger charge is -2.07. The number of nitrogens with one attached hydrogen (secondary N) is 1. The molecule has 22 heavy (non-hydrogen) atoms. The first kappa shape index (κ1) is 15.6. The van der Waals surface area contributed by atoms with Gasteiger partial charge in [0.25, 0.3) is 5.91 Å². The predicted octanol–water partition coefficient (Wildman–Crippen LogP) is 2.94. The van der Waals surface area contributed by atoms with Gasteiger partial charge in [0.15, 0.2) is 0 Å².